The van der Waals surface area contributed by atoms with E-state index in [4.69, 9.17) is 4.18 Å². The summed E-state index contributed by atoms with van der Waals surface area (Å²) >= 11 is 4.37. The van der Waals surface area contributed by atoms with Crippen LogP contribution in [-0.2, 0) is 6.54 Å². The Morgan fingerprint density at radius 2 is 2.20 bits per heavy atom. The van der Waals surface area contributed by atoms with Crippen molar-refractivity contribution in [2.75, 3.05) is 14.1 Å². The minimum Gasteiger partial charge on any atom is -0.372 e. The molecule has 20 heavy (non-hydrogen) atoms. The fraction of sp³-hybridized carbons (Fsp3) is 0.364. The Kier molecular flexibility index (Phi) is 6.31. The van der Waals surface area contributed by atoms with Crippen LogP contribution in [0.2, 0.25) is 0 Å². The first-order valence-electron chi connectivity index (χ1n) is 5.61. The van der Waals surface area contributed by atoms with Crippen LogP contribution in [0.3, 0.4) is 0 Å². The van der Waals surface area contributed by atoms with Gasteiger partial charge in [0.2, 0.25) is 0 Å². The molecule has 0 spiro atoms. The van der Waals surface area contributed by atoms with Crippen LogP contribution in [0.25, 0.3) is 11.0 Å². The second-order valence-corrected chi connectivity index (χ2v) is 5.84. The lowest BCUT2D eigenvalue weighted by Gasteiger charge is -2.10. The molecule has 0 unspecified atom stereocenters. The van der Waals surface area contributed by atoms with Gasteiger partial charge in [-0.15, -0.1) is 0 Å². The second-order valence-electron chi connectivity index (χ2n) is 3.94. The van der Waals surface area contributed by atoms with Crippen molar-refractivity contribution in [2.45, 2.75) is 13.5 Å². The average Bonchev–Trinajstić information content (AvgIpc) is 2.38. The summed E-state index contributed by atoms with van der Waals surface area (Å²) in [6, 6.07) is 1.95. The Balaban J connectivity index is 0.00000200. The maximum Gasteiger partial charge on any atom is 0.332 e. The van der Waals surface area contributed by atoms with Gasteiger partial charge in [0.05, 0.1) is 4.47 Å². The van der Waals surface area contributed by atoms with Gasteiger partial charge in [0, 0.05) is 32.2 Å². The molecule has 0 saturated carbocycles. The number of hydrogen-bond acceptors (Lipinski definition) is 6. The number of nitrogens with zero attached hydrogens (tertiary/aromatic N) is 4. The molecule has 2 rings (SSSR count). The summed E-state index contributed by atoms with van der Waals surface area (Å²) in [6.45, 7) is 2.43. The Morgan fingerprint density at radius 1 is 1.50 bits per heavy atom. The Labute approximate surface area is 136 Å². The molecule has 0 aliphatic heterocycles. The average molecular weight is 379 g/mol. The van der Waals surface area contributed by atoms with Crippen LogP contribution in [0.4, 0.5) is 0 Å². The molecule has 0 amide bonds. The summed E-state index contributed by atoms with van der Waals surface area (Å²) in [5.74, 6) is 0. The monoisotopic (exact) mass is 378 g/mol. The van der Waals surface area contributed by atoms with Crippen LogP contribution < -0.4 is 9.74 Å². The molecule has 2 aromatic heterocycles. The number of aryl methyl sites for hydroxylation is 1. The van der Waals surface area contributed by atoms with Gasteiger partial charge in [-0.2, -0.15) is 18.5 Å². The number of rotatable bonds is 4. The number of hydrogen-bond donors (Lipinski definition) is 0. The molecule has 6 nitrogen and oxygen atoms in total. The van der Waals surface area contributed by atoms with Crippen molar-refractivity contribution in [3.63, 3.8) is 0 Å². The zero-order chi connectivity index (χ0) is 14.0. The lowest BCUT2D eigenvalue weighted by atomic mass is 10.3. The molecular formula is C11H15BrN4O2S2. The summed E-state index contributed by atoms with van der Waals surface area (Å²) in [6.07, 6.45) is 1.64. The van der Waals surface area contributed by atoms with Gasteiger partial charge in [-0.25, -0.2) is 9.29 Å². The molecule has 0 N–H and O–H groups in total. The summed E-state index contributed by atoms with van der Waals surface area (Å²) in [5.41, 5.74) is 0.458. The molecule has 0 saturated heterocycles. The van der Waals surface area contributed by atoms with Crippen molar-refractivity contribution in [1.29, 1.82) is 0 Å². The van der Waals surface area contributed by atoms with Crippen molar-refractivity contribution >= 4 is 52.7 Å². The zero-order valence-electron chi connectivity index (χ0n) is 11.3. The molecule has 0 aromatic carbocycles. The van der Waals surface area contributed by atoms with Gasteiger partial charge in [-0.05, 0) is 28.9 Å². The number of pyridine rings is 1. The molecule has 110 valence electrons. The second kappa shape index (κ2) is 7.30. The van der Waals surface area contributed by atoms with E-state index >= 15 is 0 Å². The van der Waals surface area contributed by atoms with E-state index in [-0.39, 0.29) is 25.1 Å². The molecule has 0 bridgehead atoms. The largest absolute Gasteiger partial charge is 0.372 e. The highest BCUT2D eigenvalue weighted by Gasteiger charge is 2.10. The highest BCUT2D eigenvalue weighted by Crippen LogP contribution is 2.18. The fourth-order valence-electron chi connectivity index (χ4n) is 1.55. The van der Waals surface area contributed by atoms with Gasteiger partial charge < -0.3 is 4.18 Å². The van der Waals surface area contributed by atoms with Gasteiger partial charge in [-0.3, -0.25) is 9.36 Å². The number of halogens is 1. The standard InChI is InChI=1S/C11H13BrN4O2S.H2S/c1-4-16-9-7(5-8(12)10(16)17)6-13-11(14-9)18-19-15(2)3;/h5-6H,4H2,1-3H3;1H2. The fourth-order valence-corrected chi connectivity index (χ4v) is 2.31. The van der Waals surface area contributed by atoms with E-state index in [2.05, 4.69) is 25.9 Å². The van der Waals surface area contributed by atoms with Crippen molar-refractivity contribution in [2.24, 2.45) is 0 Å². The van der Waals surface area contributed by atoms with Gasteiger partial charge in [0.1, 0.15) is 17.9 Å². The lowest BCUT2D eigenvalue weighted by molar-refractivity contribution is 0.538. The molecule has 9 heteroatoms. The third kappa shape index (κ3) is 3.66. The van der Waals surface area contributed by atoms with Gasteiger partial charge in [-0.1, -0.05) is 0 Å². The first-order chi connectivity index (χ1) is 9.02. The van der Waals surface area contributed by atoms with Crippen molar-refractivity contribution < 1.29 is 4.18 Å². The van der Waals surface area contributed by atoms with E-state index in [0.29, 0.717) is 16.7 Å². The zero-order valence-corrected chi connectivity index (χ0v) is 14.7. The third-order valence-corrected chi connectivity index (χ3v) is 3.43. The van der Waals surface area contributed by atoms with Crippen LogP contribution in [0.1, 0.15) is 6.92 Å². The van der Waals surface area contributed by atoms with Gasteiger partial charge in [0.15, 0.2) is 0 Å². The summed E-state index contributed by atoms with van der Waals surface area (Å²) < 4.78 is 9.20. The third-order valence-electron chi connectivity index (χ3n) is 2.34. The van der Waals surface area contributed by atoms with Crippen molar-refractivity contribution in [1.82, 2.24) is 18.8 Å². The van der Waals surface area contributed by atoms with Gasteiger partial charge in [0.25, 0.3) is 5.56 Å². The molecule has 2 aromatic rings. The Morgan fingerprint density at radius 3 is 2.80 bits per heavy atom. The molecule has 2 heterocycles. The van der Waals surface area contributed by atoms with E-state index in [1.807, 2.05) is 21.0 Å². The molecule has 0 fully saturated rings. The predicted octanol–water partition coefficient (Wildman–Crippen LogP) is 2.19. The van der Waals surface area contributed by atoms with E-state index in [9.17, 15) is 4.79 Å². The van der Waals surface area contributed by atoms with Crippen LogP contribution in [0.5, 0.6) is 6.01 Å². The van der Waals surface area contributed by atoms with Crippen LogP contribution in [-0.4, -0.2) is 32.9 Å². The minimum absolute atomic E-state index is 0. The van der Waals surface area contributed by atoms with Crippen LogP contribution in [0.15, 0.2) is 21.5 Å². The molecule has 0 atom stereocenters. The molecule has 0 radical (unpaired) electrons. The normalized spacial score (nSPS) is 10.7. The highest BCUT2D eigenvalue weighted by atomic mass is 79.9. The maximum absolute atomic E-state index is 12.0. The van der Waals surface area contributed by atoms with E-state index in [0.717, 1.165) is 17.6 Å². The van der Waals surface area contributed by atoms with Crippen molar-refractivity contribution in [3.05, 3.63) is 27.1 Å². The van der Waals surface area contributed by atoms with E-state index in [1.54, 1.807) is 21.1 Å². The van der Waals surface area contributed by atoms with Crippen LogP contribution in [0, 0.1) is 0 Å². The first-order valence-corrected chi connectivity index (χ1v) is 7.10. The summed E-state index contributed by atoms with van der Waals surface area (Å²) in [7, 11) is 3.70. The quantitative estimate of drug-likeness (QED) is 0.600. The highest BCUT2D eigenvalue weighted by molar-refractivity contribution is 9.10. The SMILES string of the molecule is CCn1c(=O)c(Br)cc2cnc(OSN(C)C)nc21.S. The Hall–Kier alpha value is -0.770. The van der Waals surface area contributed by atoms with E-state index in [1.165, 1.54) is 0 Å². The first kappa shape index (κ1) is 17.3. The van der Waals surface area contributed by atoms with Crippen LogP contribution >= 0.6 is 41.7 Å². The Bertz CT molecular complexity index is 663. The summed E-state index contributed by atoms with van der Waals surface area (Å²) in [5, 5.41) is 0.788. The summed E-state index contributed by atoms with van der Waals surface area (Å²) in [4.78, 5) is 20.4. The number of aromatic nitrogens is 3. The predicted molar refractivity (Wildman–Crippen MR) is 89.5 cm³/mol. The molecule has 0 aliphatic carbocycles. The van der Waals surface area contributed by atoms with E-state index < -0.39 is 0 Å². The molecular weight excluding hydrogens is 364 g/mol. The van der Waals surface area contributed by atoms with Crippen molar-refractivity contribution in [3.8, 4) is 6.01 Å². The maximum atomic E-state index is 12.0. The minimum atomic E-state index is -0.111. The number of fused-ring (bicyclic) bond motifs is 1. The smallest absolute Gasteiger partial charge is 0.332 e. The lowest BCUT2D eigenvalue weighted by Crippen LogP contribution is -2.21. The van der Waals surface area contributed by atoms with Gasteiger partial charge >= 0.3 is 6.01 Å². The topological polar surface area (TPSA) is 60.3 Å². The molecule has 0 aliphatic rings.